The fraction of sp³-hybridized carbons (Fsp3) is 1.00. The van der Waals surface area contributed by atoms with Gasteiger partial charge in [0.2, 0.25) is 0 Å². The van der Waals surface area contributed by atoms with Gasteiger partial charge in [-0.1, -0.05) is 27.7 Å². The van der Waals surface area contributed by atoms with Crippen molar-refractivity contribution in [2.75, 3.05) is 13.2 Å². The highest BCUT2D eigenvalue weighted by molar-refractivity contribution is 5.02. The van der Waals surface area contributed by atoms with E-state index in [4.69, 9.17) is 0 Å². The van der Waals surface area contributed by atoms with Crippen molar-refractivity contribution in [3.63, 3.8) is 0 Å². The van der Waals surface area contributed by atoms with Gasteiger partial charge in [0.1, 0.15) is 0 Å². The molecule has 0 aromatic rings. The molecule has 78 valence electrons. The molecule has 1 aliphatic rings. The van der Waals surface area contributed by atoms with Crippen molar-refractivity contribution in [3.05, 3.63) is 0 Å². The van der Waals surface area contributed by atoms with Gasteiger partial charge in [-0.25, -0.2) is 0 Å². The minimum Gasteiger partial charge on any atom is -0.396 e. The van der Waals surface area contributed by atoms with E-state index in [-0.39, 0.29) is 12.0 Å². The Morgan fingerprint density at radius 3 is 2.38 bits per heavy atom. The summed E-state index contributed by atoms with van der Waals surface area (Å²) in [5.41, 5.74) is 0.558. The average molecular weight is 185 g/mol. The van der Waals surface area contributed by atoms with Crippen molar-refractivity contribution < 1.29 is 5.11 Å². The lowest BCUT2D eigenvalue weighted by Crippen LogP contribution is -2.36. The minimum absolute atomic E-state index is 0.0681. The molecule has 2 nitrogen and oxygen atoms in total. The molecule has 0 radical (unpaired) electrons. The summed E-state index contributed by atoms with van der Waals surface area (Å²) in [6, 6.07) is 0.671. The summed E-state index contributed by atoms with van der Waals surface area (Å²) in [4.78, 5) is 0. The highest BCUT2D eigenvalue weighted by Crippen LogP contribution is 2.44. The quantitative estimate of drug-likeness (QED) is 0.684. The molecule has 0 bridgehead atoms. The molecule has 1 aliphatic carbocycles. The SMILES string of the molecule is CCC(C)(CO)CNC1CC1(C)C. The summed E-state index contributed by atoms with van der Waals surface area (Å²) in [6.45, 7) is 10.1. The molecule has 1 rings (SSSR count). The molecule has 1 saturated carbocycles. The van der Waals surface area contributed by atoms with E-state index >= 15 is 0 Å². The third-order valence-electron chi connectivity index (χ3n) is 3.52. The first kappa shape index (κ1) is 11.0. The molecular weight excluding hydrogens is 162 g/mol. The zero-order chi connectivity index (χ0) is 10.1. The lowest BCUT2D eigenvalue weighted by atomic mass is 9.88. The van der Waals surface area contributed by atoms with Crippen molar-refractivity contribution in [1.82, 2.24) is 5.32 Å². The summed E-state index contributed by atoms with van der Waals surface area (Å²) in [5.74, 6) is 0. The third kappa shape index (κ3) is 2.68. The van der Waals surface area contributed by atoms with Crippen LogP contribution in [0.4, 0.5) is 0 Å². The highest BCUT2D eigenvalue weighted by atomic mass is 16.3. The molecule has 0 aliphatic heterocycles. The van der Waals surface area contributed by atoms with Crippen LogP contribution in [0.15, 0.2) is 0 Å². The molecule has 0 spiro atoms. The van der Waals surface area contributed by atoms with Crippen LogP contribution < -0.4 is 5.32 Å². The Hall–Kier alpha value is -0.0800. The maximum Gasteiger partial charge on any atom is 0.0496 e. The van der Waals surface area contributed by atoms with Crippen LogP contribution in [0.3, 0.4) is 0 Å². The maximum absolute atomic E-state index is 9.21. The number of rotatable bonds is 5. The van der Waals surface area contributed by atoms with Crippen molar-refractivity contribution in [3.8, 4) is 0 Å². The second-order valence-electron chi connectivity index (χ2n) is 5.45. The van der Waals surface area contributed by atoms with Gasteiger partial charge in [0.05, 0.1) is 0 Å². The van der Waals surface area contributed by atoms with Crippen LogP contribution in [0.2, 0.25) is 0 Å². The maximum atomic E-state index is 9.21. The molecule has 2 N–H and O–H groups in total. The van der Waals surface area contributed by atoms with E-state index in [2.05, 4.69) is 33.0 Å². The number of hydrogen-bond donors (Lipinski definition) is 2. The predicted molar refractivity (Wildman–Crippen MR) is 55.7 cm³/mol. The Balaban J connectivity index is 2.26. The third-order valence-corrected chi connectivity index (χ3v) is 3.52. The van der Waals surface area contributed by atoms with E-state index < -0.39 is 0 Å². The Morgan fingerprint density at radius 1 is 1.54 bits per heavy atom. The van der Waals surface area contributed by atoms with Gasteiger partial charge >= 0.3 is 0 Å². The monoisotopic (exact) mass is 185 g/mol. The first-order chi connectivity index (χ1) is 5.93. The van der Waals surface area contributed by atoms with E-state index in [0.29, 0.717) is 11.5 Å². The van der Waals surface area contributed by atoms with Gasteiger partial charge in [-0.05, 0) is 18.3 Å². The van der Waals surface area contributed by atoms with Gasteiger partial charge in [-0.3, -0.25) is 0 Å². The minimum atomic E-state index is 0.0681. The molecule has 2 atom stereocenters. The van der Waals surface area contributed by atoms with Crippen molar-refractivity contribution in [1.29, 1.82) is 0 Å². The van der Waals surface area contributed by atoms with Gasteiger partial charge < -0.3 is 10.4 Å². The van der Waals surface area contributed by atoms with Crippen molar-refractivity contribution in [2.45, 2.75) is 46.6 Å². The molecule has 2 heteroatoms. The summed E-state index contributed by atoms with van der Waals surface area (Å²) < 4.78 is 0. The van der Waals surface area contributed by atoms with E-state index in [1.54, 1.807) is 0 Å². The largest absolute Gasteiger partial charge is 0.396 e. The molecular formula is C11H23NO. The number of aliphatic hydroxyl groups excluding tert-OH is 1. The van der Waals surface area contributed by atoms with Gasteiger partial charge in [-0.2, -0.15) is 0 Å². The second kappa shape index (κ2) is 3.58. The average Bonchev–Trinajstić information content (AvgIpc) is 2.70. The zero-order valence-corrected chi connectivity index (χ0v) is 9.35. The Morgan fingerprint density at radius 2 is 2.08 bits per heavy atom. The Labute approximate surface area is 81.7 Å². The molecule has 0 aromatic heterocycles. The fourth-order valence-corrected chi connectivity index (χ4v) is 1.48. The lowest BCUT2D eigenvalue weighted by molar-refractivity contribution is 0.134. The van der Waals surface area contributed by atoms with E-state index in [9.17, 15) is 5.11 Å². The van der Waals surface area contributed by atoms with Crippen LogP contribution in [-0.4, -0.2) is 24.3 Å². The van der Waals surface area contributed by atoms with Crippen LogP contribution >= 0.6 is 0 Å². The number of hydrogen-bond acceptors (Lipinski definition) is 2. The number of nitrogens with one attached hydrogen (secondary N) is 1. The first-order valence-electron chi connectivity index (χ1n) is 5.28. The van der Waals surface area contributed by atoms with Crippen molar-refractivity contribution in [2.24, 2.45) is 10.8 Å². The Bertz CT molecular complexity index is 173. The fourth-order valence-electron chi connectivity index (χ4n) is 1.48. The van der Waals surface area contributed by atoms with E-state index in [1.165, 1.54) is 6.42 Å². The van der Waals surface area contributed by atoms with Crippen LogP contribution in [0.5, 0.6) is 0 Å². The smallest absolute Gasteiger partial charge is 0.0496 e. The van der Waals surface area contributed by atoms with Crippen molar-refractivity contribution >= 4 is 0 Å². The summed E-state index contributed by atoms with van der Waals surface area (Å²) in [7, 11) is 0. The second-order valence-corrected chi connectivity index (χ2v) is 5.45. The topological polar surface area (TPSA) is 32.3 Å². The van der Waals surface area contributed by atoms with Crippen LogP contribution in [-0.2, 0) is 0 Å². The molecule has 13 heavy (non-hydrogen) atoms. The lowest BCUT2D eigenvalue weighted by Gasteiger charge is -2.26. The molecule has 0 amide bonds. The summed E-state index contributed by atoms with van der Waals surface area (Å²) >= 11 is 0. The zero-order valence-electron chi connectivity index (χ0n) is 9.35. The van der Waals surface area contributed by atoms with E-state index in [1.807, 2.05) is 0 Å². The van der Waals surface area contributed by atoms with Gasteiger partial charge in [0.15, 0.2) is 0 Å². The highest BCUT2D eigenvalue weighted by Gasteiger charge is 2.45. The van der Waals surface area contributed by atoms with Gasteiger partial charge in [-0.15, -0.1) is 0 Å². The van der Waals surface area contributed by atoms with Crippen LogP contribution in [0.1, 0.15) is 40.5 Å². The standard InChI is InChI=1S/C11H23NO/c1-5-11(4,8-13)7-12-9-6-10(9,2)3/h9,12-13H,5-8H2,1-4H3. The summed E-state index contributed by atoms with van der Waals surface area (Å²) in [6.07, 6.45) is 2.31. The number of aliphatic hydroxyl groups is 1. The molecule has 1 fully saturated rings. The molecule has 2 unspecified atom stereocenters. The first-order valence-corrected chi connectivity index (χ1v) is 5.28. The molecule has 0 saturated heterocycles. The Kier molecular flexibility index (Phi) is 3.03. The van der Waals surface area contributed by atoms with Gasteiger partial charge in [0, 0.05) is 24.6 Å². The molecule has 0 aromatic carbocycles. The van der Waals surface area contributed by atoms with E-state index in [0.717, 1.165) is 13.0 Å². The van der Waals surface area contributed by atoms with Crippen LogP contribution in [0.25, 0.3) is 0 Å². The predicted octanol–water partition coefficient (Wildman–Crippen LogP) is 1.78. The molecule has 0 heterocycles. The van der Waals surface area contributed by atoms with Crippen LogP contribution in [0, 0.1) is 10.8 Å². The normalized spacial score (nSPS) is 29.8. The van der Waals surface area contributed by atoms with Gasteiger partial charge in [0.25, 0.3) is 0 Å². The summed E-state index contributed by atoms with van der Waals surface area (Å²) in [5, 5.41) is 12.7.